The van der Waals surface area contributed by atoms with Gasteiger partial charge >= 0.3 is 0 Å². The number of amides is 1. The number of aliphatic hydroxyl groups is 1. The van der Waals surface area contributed by atoms with Gasteiger partial charge in [0.25, 0.3) is 0 Å². The van der Waals surface area contributed by atoms with E-state index in [2.05, 4.69) is 5.32 Å². The highest BCUT2D eigenvalue weighted by molar-refractivity contribution is 5.84. The van der Waals surface area contributed by atoms with Crippen LogP contribution < -0.4 is 15.8 Å². The summed E-state index contributed by atoms with van der Waals surface area (Å²) in [5, 5.41) is 11.8. The Labute approximate surface area is 126 Å². The summed E-state index contributed by atoms with van der Waals surface area (Å²) in [6.07, 6.45) is 3.08. The summed E-state index contributed by atoms with van der Waals surface area (Å²) in [5.41, 5.74) is 5.82. The van der Waals surface area contributed by atoms with Gasteiger partial charge in [0.2, 0.25) is 5.91 Å². The third-order valence-electron chi connectivity index (χ3n) is 3.76. The summed E-state index contributed by atoms with van der Waals surface area (Å²) in [6.45, 7) is 2.58. The summed E-state index contributed by atoms with van der Waals surface area (Å²) in [5.74, 6) is 0.494. The first-order valence-corrected chi connectivity index (χ1v) is 7.33. The molecule has 1 aromatic carbocycles. The molecule has 0 heterocycles. The molecular weight excluding hydrogens is 268 g/mol. The van der Waals surface area contributed by atoms with E-state index in [1.807, 2.05) is 31.2 Å². The van der Waals surface area contributed by atoms with E-state index in [1.54, 1.807) is 7.05 Å². The van der Waals surface area contributed by atoms with E-state index >= 15 is 0 Å². The van der Waals surface area contributed by atoms with Crippen molar-refractivity contribution >= 4 is 5.91 Å². The first-order valence-electron chi connectivity index (χ1n) is 7.33. The number of carbonyl (C=O) groups is 1. The van der Waals surface area contributed by atoms with Gasteiger partial charge in [-0.1, -0.05) is 12.1 Å². The Kier molecular flexibility index (Phi) is 7.19. The van der Waals surface area contributed by atoms with Crippen LogP contribution in [0.4, 0.5) is 0 Å². The maximum absolute atomic E-state index is 11.3. The second-order valence-electron chi connectivity index (χ2n) is 5.37. The van der Waals surface area contributed by atoms with Crippen LogP contribution in [0.5, 0.6) is 5.75 Å². The van der Waals surface area contributed by atoms with Crippen LogP contribution in [0.2, 0.25) is 0 Å². The van der Waals surface area contributed by atoms with Crippen molar-refractivity contribution in [3.05, 3.63) is 29.8 Å². The normalized spacial score (nSPS) is 13.7. The van der Waals surface area contributed by atoms with Crippen LogP contribution in [0.15, 0.2) is 24.3 Å². The fourth-order valence-corrected chi connectivity index (χ4v) is 2.02. The summed E-state index contributed by atoms with van der Waals surface area (Å²) in [4.78, 5) is 11.3. The zero-order valence-electron chi connectivity index (χ0n) is 12.9. The number of aliphatic hydroxyl groups excluding tert-OH is 1. The van der Waals surface area contributed by atoms with Crippen LogP contribution in [0.25, 0.3) is 0 Å². The van der Waals surface area contributed by atoms with E-state index in [1.165, 1.54) is 0 Å². The molecule has 1 atom stereocenters. The highest BCUT2D eigenvalue weighted by Crippen LogP contribution is 2.15. The number of hydrogen-bond acceptors (Lipinski definition) is 4. The molecule has 1 amide bonds. The Morgan fingerprint density at radius 1 is 1.33 bits per heavy atom. The lowest BCUT2D eigenvalue weighted by Crippen LogP contribution is -2.51. The van der Waals surface area contributed by atoms with Crippen molar-refractivity contribution in [2.75, 3.05) is 20.3 Å². The molecule has 0 aliphatic carbocycles. The fraction of sp³-hybridized carbons (Fsp3) is 0.562. The van der Waals surface area contributed by atoms with E-state index in [9.17, 15) is 4.79 Å². The molecule has 0 bridgehead atoms. The summed E-state index contributed by atoms with van der Waals surface area (Å²) in [7, 11) is 1.75. The molecule has 0 aromatic heterocycles. The van der Waals surface area contributed by atoms with Crippen LogP contribution in [-0.4, -0.2) is 36.8 Å². The molecule has 0 aliphatic heterocycles. The van der Waals surface area contributed by atoms with Gasteiger partial charge in [0, 0.05) is 6.61 Å². The first-order chi connectivity index (χ1) is 10.0. The largest absolute Gasteiger partial charge is 0.494 e. The molecule has 0 spiro atoms. The van der Waals surface area contributed by atoms with E-state index in [0.717, 1.165) is 24.2 Å². The smallest absolute Gasteiger partial charge is 0.237 e. The Hall–Kier alpha value is -1.59. The number of rotatable bonds is 10. The highest BCUT2D eigenvalue weighted by Gasteiger charge is 2.27. The second kappa shape index (κ2) is 8.64. The van der Waals surface area contributed by atoms with Gasteiger partial charge in [-0.15, -0.1) is 0 Å². The van der Waals surface area contributed by atoms with Gasteiger partial charge in [-0.25, -0.2) is 0 Å². The third-order valence-corrected chi connectivity index (χ3v) is 3.76. The molecular formula is C16H26N2O3. The molecule has 1 rings (SSSR count). The maximum atomic E-state index is 11.3. The number of benzene rings is 1. The zero-order valence-corrected chi connectivity index (χ0v) is 12.9. The van der Waals surface area contributed by atoms with Gasteiger partial charge in [0.05, 0.1) is 12.1 Å². The van der Waals surface area contributed by atoms with Crippen molar-refractivity contribution in [1.29, 1.82) is 0 Å². The first kappa shape index (κ1) is 17.5. The van der Waals surface area contributed by atoms with Crippen molar-refractivity contribution in [2.24, 2.45) is 5.73 Å². The molecule has 0 fully saturated rings. The van der Waals surface area contributed by atoms with Gasteiger partial charge in [-0.05, 0) is 57.4 Å². The molecule has 0 saturated heterocycles. The van der Waals surface area contributed by atoms with E-state index < -0.39 is 5.54 Å². The molecule has 1 unspecified atom stereocenters. The molecule has 5 nitrogen and oxygen atoms in total. The number of nitrogens with one attached hydrogen (secondary N) is 1. The Balaban J connectivity index is 2.26. The minimum Gasteiger partial charge on any atom is -0.494 e. The number of hydrogen-bond donors (Lipinski definition) is 3. The van der Waals surface area contributed by atoms with Gasteiger partial charge in [-0.3, -0.25) is 4.79 Å². The number of primary amides is 1. The van der Waals surface area contributed by atoms with Crippen LogP contribution >= 0.6 is 0 Å². The summed E-state index contributed by atoms with van der Waals surface area (Å²) in [6, 6.07) is 7.73. The number of likely N-dealkylation sites (N-methyl/N-ethyl adjacent to an activating group) is 1. The lowest BCUT2D eigenvalue weighted by atomic mass is 9.94. The molecule has 0 aliphatic rings. The number of carbonyl (C=O) groups excluding carboxylic acids is 1. The van der Waals surface area contributed by atoms with Gasteiger partial charge in [0.15, 0.2) is 0 Å². The quantitative estimate of drug-likeness (QED) is 0.567. The topological polar surface area (TPSA) is 84.6 Å². The minimum atomic E-state index is -0.647. The van der Waals surface area contributed by atoms with Crippen molar-refractivity contribution < 1.29 is 14.6 Å². The van der Waals surface area contributed by atoms with Crippen LogP contribution in [0.1, 0.15) is 31.7 Å². The minimum absolute atomic E-state index is 0.157. The molecule has 1 aromatic rings. The van der Waals surface area contributed by atoms with Crippen molar-refractivity contribution in [1.82, 2.24) is 5.32 Å². The maximum Gasteiger partial charge on any atom is 0.237 e. The lowest BCUT2D eigenvalue weighted by molar-refractivity contribution is -0.123. The average Bonchev–Trinajstić information content (AvgIpc) is 2.48. The number of unbranched alkanes of at least 4 members (excludes halogenated alkanes) is 1. The van der Waals surface area contributed by atoms with Gasteiger partial charge in [-0.2, -0.15) is 0 Å². The predicted molar refractivity (Wildman–Crippen MR) is 83.2 cm³/mol. The SMILES string of the molecule is CNC(C)(CCCCOc1ccc(CCO)cc1)C(N)=O. The van der Waals surface area contributed by atoms with Crippen LogP contribution in [0.3, 0.4) is 0 Å². The Bertz CT molecular complexity index is 434. The predicted octanol–water partition coefficient (Wildman–Crippen LogP) is 1.23. The van der Waals surface area contributed by atoms with Gasteiger partial charge < -0.3 is 20.9 Å². The lowest BCUT2D eigenvalue weighted by Gasteiger charge is -2.25. The standard InChI is InChI=1S/C16H26N2O3/c1-16(18-2,15(17)20)10-3-4-12-21-14-7-5-13(6-8-14)9-11-19/h5-8,18-19H,3-4,9-12H2,1-2H3,(H2,17,20). The second-order valence-corrected chi connectivity index (χ2v) is 5.37. The monoisotopic (exact) mass is 294 g/mol. The number of ether oxygens (including phenoxy) is 1. The summed E-state index contributed by atoms with van der Waals surface area (Å²) < 4.78 is 5.65. The molecule has 118 valence electrons. The molecule has 0 radical (unpaired) electrons. The number of nitrogens with two attached hydrogens (primary N) is 1. The fourth-order valence-electron chi connectivity index (χ4n) is 2.02. The van der Waals surface area contributed by atoms with Crippen molar-refractivity contribution in [3.63, 3.8) is 0 Å². The third kappa shape index (κ3) is 5.73. The van der Waals surface area contributed by atoms with Crippen LogP contribution in [0, 0.1) is 0 Å². The molecule has 21 heavy (non-hydrogen) atoms. The zero-order chi connectivity index (χ0) is 15.7. The molecule has 4 N–H and O–H groups in total. The molecule has 5 heteroatoms. The van der Waals surface area contributed by atoms with E-state index in [4.69, 9.17) is 15.6 Å². The molecule has 0 saturated carbocycles. The van der Waals surface area contributed by atoms with Crippen molar-refractivity contribution in [2.45, 2.75) is 38.1 Å². The van der Waals surface area contributed by atoms with E-state index in [0.29, 0.717) is 19.4 Å². The Morgan fingerprint density at radius 3 is 2.52 bits per heavy atom. The summed E-state index contributed by atoms with van der Waals surface area (Å²) >= 11 is 0. The van der Waals surface area contributed by atoms with Gasteiger partial charge in [0.1, 0.15) is 5.75 Å². The average molecular weight is 294 g/mol. The van der Waals surface area contributed by atoms with Crippen molar-refractivity contribution in [3.8, 4) is 5.75 Å². The van der Waals surface area contributed by atoms with Crippen LogP contribution in [-0.2, 0) is 11.2 Å². The Morgan fingerprint density at radius 2 is 2.00 bits per heavy atom. The van der Waals surface area contributed by atoms with E-state index in [-0.39, 0.29) is 12.5 Å². The highest BCUT2D eigenvalue weighted by atomic mass is 16.5.